The largest absolute Gasteiger partial charge is 0.469 e. The summed E-state index contributed by atoms with van der Waals surface area (Å²) in [5.74, 6) is -1.68. The van der Waals surface area contributed by atoms with E-state index in [1.807, 2.05) is 0 Å². The second-order valence-corrected chi connectivity index (χ2v) is 3.91. The first-order valence-electron chi connectivity index (χ1n) is 5.10. The Bertz CT molecular complexity index is 267. The van der Waals surface area contributed by atoms with Gasteiger partial charge in [0.25, 0.3) is 0 Å². The number of esters is 2. The summed E-state index contributed by atoms with van der Waals surface area (Å²) in [5, 5.41) is 2.92. The zero-order valence-electron chi connectivity index (χ0n) is 9.34. The molecule has 0 amide bonds. The summed E-state index contributed by atoms with van der Waals surface area (Å²) in [7, 11) is 2.57. The van der Waals surface area contributed by atoms with Crippen molar-refractivity contribution in [2.24, 2.45) is 17.0 Å². The van der Waals surface area contributed by atoms with Crippen LogP contribution in [0.4, 0.5) is 0 Å². The Morgan fingerprint density at radius 3 is 1.75 bits per heavy atom. The molecule has 3 atom stereocenters. The first kappa shape index (κ1) is 12.6. The Labute approximate surface area is 93.3 Å². The summed E-state index contributed by atoms with van der Waals surface area (Å²) in [4.78, 5) is 33.3. The Morgan fingerprint density at radius 2 is 1.44 bits per heavy atom. The summed E-state index contributed by atoms with van der Waals surface area (Å²) < 4.78 is 9.22. The molecule has 0 spiro atoms. The lowest BCUT2D eigenvalue weighted by Gasteiger charge is -2.28. The van der Waals surface area contributed by atoms with Gasteiger partial charge in [0.15, 0.2) is 0 Å². The third kappa shape index (κ3) is 2.77. The van der Waals surface area contributed by atoms with Crippen molar-refractivity contribution >= 4 is 11.9 Å². The van der Waals surface area contributed by atoms with E-state index in [1.54, 1.807) is 0 Å². The van der Waals surface area contributed by atoms with E-state index in [0.717, 1.165) is 0 Å². The number of carbonyl (C=O) groups excluding carboxylic acids is 2. The van der Waals surface area contributed by atoms with Crippen molar-refractivity contribution in [1.82, 2.24) is 0 Å². The van der Waals surface area contributed by atoms with Gasteiger partial charge in [0, 0.05) is 0 Å². The van der Waals surface area contributed by atoms with Gasteiger partial charge in [-0.3, -0.25) is 9.59 Å². The molecule has 0 bridgehead atoms. The summed E-state index contributed by atoms with van der Waals surface area (Å²) in [5.41, 5.74) is 0. The Kier molecular flexibility index (Phi) is 4.39. The molecular formula is C10H15NO5. The minimum atomic E-state index is -0.512. The molecule has 0 aromatic heterocycles. The minimum absolute atomic E-state index is 0.351. The highest BCUT2D eigenvalue weighted by molar-refractivity contribution is 5.76. The maximum atomic E-state index is 11.4. The molecule has 0 radical (unpaired) electrons. The van der Waals surface area contributed by atoms with Crippen LogP contribution in [0.15, 0.2) is 5.18 Å². The normalized spacial score (nSPS) is 29.2. The molecule has 0 unspecified atom stereocenters. The Morgan fingerprint density at radius 1 is 1.00 bits per heavy atom. The zero-order chi connectivity index (χ0) is 12.1. The van der Waals surface area contributed by atoms with Gasteiger partial charge in [-0.1, -0.05) is 5.18 Å². The van der Waals surface area contributed by atoms with Crippen LogP contribution >= 0.6 is 0 Å². The smallest absolute Gasteiger partial charge is 0.308 e. The fourth-order valence-corrected chi connectivity index (χ4v) is 2.09. The Hall–Kier alpha value is -1.46. The number of carbonyl (C=O) groups is 2. The molecule has 0 aromatic carbocycles. The first-order chi connectivity index (χ1) is 7.62. The number of nitrogens with zero attached hydrogens (tertiary/aromatic N) is 1. The number of rotatable bonds is 3. The third-order valence-corrected chi connectivity index (χ3v) is 2.90. The first-order valence-corrected chi connectivity index (χ1v) is 5.10. The number of hydrogen-bond donors (Lipinski definition) is 0. The monoisotopic (exact) mass is 229 g/mol. The second-order valence-electron chi connectivity index (χ2n) is 3.91. The van der Waals surface area contributed by atoms with Crippen molar-refractivity contribution in [3.05, 3.63) is 4.91 Å². The Balaban J connectivity index is 2.72. The van der Waals surface area contributed by atoms with E-state index in [-0.39, 0.29) is 0 Å². The molecular weight excluding hydrogens is 214 g/mol. The van der Waals surface area contributed by atoms with Gasteiger partial charge in [0.1, 0.15) is 0 Å². The van der Waals surface area contributed by atoms with Crippen LogP contribution in [-0.4, -0.2) is 32.2 Å². The summed E-state index contributed by atoms with van der Waals surface area (Å²) >= 11 is 0. The van der Waals surface area contributed by atoms with Gasteiger partial charge in [-0.05, 0) is 19.3 Å². The summed E-state index contributed by atoms with van der Waals surface area (Å²) in [6.45, 7) is 0. The van der Waals surface area contributed by atoms with Crippen molar-refractivity contribution < 1.29 is 19.1 Å². The molecule has 1 saturated carbocycles. The van der Waals surface area contributed by atoms with Gasteiger partial charge < -0.3 is 9.47 Å². The average Bonchev–Trinajstić information content (AvgIpc) is 2.35. The molecule has 0 heterocycles. The van der Waals surface area contributed by atoms with E-state index in [4.69, 9.17) is 0 Å². The molecule has 6 nitrogen and oxygen atoms in total. The van der Waals surface area contributed by atoms with Gasteiger partial charge in [0.05, 0.1) is 32.1 Å². The van der Waals surface area contributed by atoms with Crippen LogP contribution < -0.4 is 0 Å². The van der Waals surface area contributed by atoms with E-state index in [2.05, 4.69) is 14.7 Å². The van der Waals surface area contributed by atoms with Crippen LogP contribution in [0, 0.1) is 16.7 Å². The van der Waals surface area contributed by atoms with Crippen LogP contribution in [0.25, 0.3) is 0 Å². The van der Waals surface area contributed by atoms with Crippen molar-refractivity contribution in [3.63, 3.8) is 0 Å². The minimum Gasteiger partial charge on any atom is -0.469 e. The van der Waals surface area contributed by atoms with Gasteiger partial charge in [0.2, 0.25) is 0 Å². The highest BCUT2D eigenvalue weighted by Gasteiger charge is 2.37. The highest BCUT2D eigenvalue weighted by atomic mass is 16.5. The van der Waals surface area contributed by atoms with Crippen LogP contribution in [-0.2, 0) is 19.1 Å². The van der Waals surface area contributed by atoms with Crippen LogP contribution in [0.2, 0.25) is 0 Å². The molecule has 0 aromatic rings. The standard InChI is InChI=1S/C10H15NO5/c1-15-9(12)6-3-7(10(13)16-2)5-8(4-6)11-14/h6-8H,3-5H2,1-2H3/t6-,7+,8-. The van der Waals surface area contributed by atoms with Gasteiger partial charge in [-0.15, -0.1) is 0 Å². The zero-order valence-corrected chi connectivity index (χ0v) is 9.34. The fourth-order valence-electron chi connectivity index (χ4n) is 2.09. The molecule has 0 aliphatic heterocycles. The number of hydrogen-bond acceptors (Lipinski definition) is 6. The number of ether oxygens (including phenoxy) is 2. The highest BCUT2D eigenvalue weighted by Crippen LogP contribution is 2.32. The number of nitroso groups, excluding NO2 is 1. The lowest BCUT2D eigenvalue weighted by atomic mass is 9.79. The van der Waals surface area contributed by atoms with Gasteiger partial charge in [-0.25, -0.2) is 0 Å². The predicted molar refractivity (Wildman–Crippen MR) is 54.4 cm³/mol. The molecule has 1 rings (SSSR count). The molecule has 0 N–H and O–H groups in total. The van der Waals surface area contributed by atoms with E-state index in [0.29, 0.717) is 19.3 Å². The van der Waals surface area contributed by atoms with Crippen molar-refractivity contribution in [2.45, 2.75) is 25.3 Å². The molecule has 1 aliphatic carbocycles. The van der Waals surface area contributed by atoms with Crippen molar-refractivity contribution in [2.75, 3.05) is 14.2 Å². The van der Waals surface area contributed by atoms with Gasteiger partial charge >= 0.3 is 11.9 Å². The molecule has 1 aliphatic rings. The van der Waals surface area contributed by atoms with Crippen LogP contribution in [0.5, 0.6) is 0 Å². The predicted octanol–water partition coefficient (Wildman–Crippen LogP) is 0.884. The fraction of sp³-hybridized carbons (Fsp3) is 0.800. The lowest BCUT2D eigenvalue weighted by Crippen LogP contribution is -2.34. The molecule has 0 saturated heterocycles. The SMILES string of the molecule is COC(=O)[C@@H]1C[C@H](N=O)C[C@H](C(=O)OC)C1. The number of methoxy groups -OCH3 is 2. The second kappa shape index (κ2) is 5.58. The van der Waals surface area contributed by atoms with E-state index >= 15 is 0 Å². The average molecular weight is 229 g/mol. The molecule has 90 valence electrons. The summed E-state index contributed by atoms with van der Waals surface area (Å²) in [6, 6.07) is -0.512. The molecule has 16 heavy (non-hydrogen) atoms. The van der Waals surface area contributed by atoms with E-state index in [1.165, 1.54) is 14.2 Å². The molecule has 1 fully saturated rings. The van der Waals surface area contributed by atoms with Crippen LogP contribution in [0.1, 0.15) is 19.3 Å². The van der Waals surface area contributed by atoms with E-state index in [9.17, 15) is 14.5 Å². The van der Waals surface area contributed by atoms with E-state index < -0.39 is 29.8 Å². The lowest BCUT2D eigenvalue weighted by molar-refractivity contribution is -0.152. The maximum absolute atomic E-state index is 11.4. The van der Waals surface area contributed by atoms with Gasteiger partial charge in [-0.2, -0.15) is 4.91 Å². The van der Waals surface area contributed by atoms with Crippen LogP contribution in [0.3, 0.4) is 0 Å². The third-order valence-electron chi connectivity index (χ3n) is 2.90. The topological polar surface area (TPSA) is 82.0 Å². The quantitative estimate of drug-likeness (QED) is 0.530. The van der Waals surface area contributed by atoms with Crippen molar-refractivity contribution in [1.29, 1.82) is 0 Å². The maximum Gasteiger partial charge on any atom is 0.308 e. The summed E-state index contributed by atoms with van der Waals surface area (Å²) in [6.07, 6.45) is 1.07. The molecule has 6 heteroatoms. The van der Waals surface area contributed by atoms with Crippen molar-refractivity contribution in [3.8, 4) is 0 Å².